The van der Waals surface area contributed by atoms with Crippen LogP contribution in [0.25, 0.3) is 10.9 Å². The summed E-state index contributed by atoms with van der Waals surface area (Å²) < 4.78 is 5.05. The van der Waals surface area contributed by atoms with Gasteiger partial charge in [-0.1, -0.05) is 0 Å². The van der Waals surface area contributed by atoms with Crippen LogP contribution in [0.3, 0.4) is 0 Å². The molecule has 1 N–H and O–H groups in total. The van der Waals surface area contributed by atoms with Gasteiger partial charge in [0, 0.05) is 17.1 Å². The van der Waals surface area contributed by atoms with Gasteiger partial charge in [0.15, 0.2) is 5.75 Å². The van der Waals surface area contributed by atoms with Crippen molar-refractivity contribution in [1.29, 1.82) is 0 Å². The molecule has 0 aliphatic heterocycles. The van der Waals surface area contributed by atoms with E-state index in [-0.39, 0.29) is 22.4 Å². The summed E-state index contributed by atoms with van der Waals surface area (Å²) >= 11 is 0. The minimum atomic E-state index is -1.17. The third-order valence-electron chi connectivity index (χ3n) is 2.65. The predicted octanol–water partition coefficient (Wildman–Crippen LogP) is 2.16. The Kier molecular flexibility index (Phi) is 3.04. The second kappa shape index (κ2) is 4.52. The molecule has 0 aliphatic rings. The first-order valence-electron chi connectivity index (χ1n) is 5.31. The third kappa shape index (κ3) is 2.17. The van der Waals surface area contributed by atoms with E-state index in [1.54, 1.807) is 6.92 Å². The summed E-state index contributed by atoms with van der Waals surface area (Å²) in [5.41, 5.74) is 0.518. The first-order valence-corrected chi connectivity index (χ1v) is 5.31. The lowest BCUT2D eigenvalue weighted by Crippen LogP contribution is -2.02. The first kappa shape index (κ1) is 12.7. The topological polar surface area (TPSA) is 103 Å². The second-order valence-corrected chi connectivity index (χ2v) is 3.92. The molecule has 0 saturated carbocycles. The van der Waals surface area contributed by atoms with Crippen LogP contribution in [0.15, 0.2) is 18.2 Å². The Morgan fingerprint density at radius 1 is 1.42 bits per heavy atom. The molecule has 0 bridgehead atoms. The largest absolute Gasteiger partial charge is 0.494 e. The Morgan fingerprint density at radius 3 is 2.63 bits per heavy atom. The molecule has 98 valence electrons. The SMILES string of the molecule is COc1cc([N+](=O)[O-])cc2c(C(=O)O)cc(C)nc12. The molecule has 0 fully saturated rings. The molecule has 1 aromatic carbocycles. The van der Waals surface area contributed by atoms with E-state index in [4.69, 9.17) is 9.84 Å². The summed E-state index contributed by atoms with van der Waals surface area (Å²) in [6, 6.07) is 3.78. The Bertz CT molecular complexity index is 696. The number of benzene rings is 1. The molecule has 0 atom stereocenters. The fraction of sp³-hybridized carbons (Fsp3) is 0.167. The van der Waals surface area contributed by atoms with E-state index in [1.165, 1.54) is 25.3 Å². The van der Waals surface area contributed by atoms with E-state index in [9.17, 15) is 14.9 Å². The molecular formula is C12H10N2O5. The number of methoxy groups -OCH3 is 1. The van der Waals surface area contributed by atoms with Gasteiger partial charge in [0.1, 0.15) is 5.52 Å². The Hall–Kier alpha value is -2.70. The smallest absolute Gasteiger partial charge is 0.336 e. The minimum absolute atomic E-state index is 0.0375. The van der Waals surface area contributed by atoms with Gasteiger partial charge in [0.05, 0.1) is 23.7 Å². The standard InChI is InChI=1S/C12H10N2O5/c1-6-3-9(12(15)16)8-4-7(14(17)18)5-10(19-2)11(8)13-6/h3-5H,1-2H3,(H,15,16). The molecule has 0 spiro atoms. The predicted molar refractivity (Wildman–Crippen MR) is 66.6 cm³/mol. The van der Waals surface area contributed by atoms with Crippen LogP contribution in [-0.2, 0) is 0 Å². The van der Waals surface area contributed by atoms with Crippen LogP contribution >= 0.6 is 0 Å². The number of nitro benzene ring substituents is 1. The molecule has 7 heteroatoms. The van der Waals surface area contributed by atoms with Crippen LogP contribution in [0.5, 0.6) is 5.75 Å². The molecule has 0 aliphatic carbocycles. The first-order chi connectivity index (χ1) is 8.93. The van der Waals surface area contributed by atoms with Crippen LogP contribution in [0.2, 0.25) is 0 Å². The fourth-order valence-electron chi connectivity index (χ4n) is 1.85. The van der Waals surface area contributed by atoms with Crippen molar-refractivity contribution in [2.75, 3.05) is 7.11 Å². The second-order valence-electron chi connectivity index (χ2n) is 3.92. The highest BCUT2D eigenvalue weighted by Crippen LogP contribution is 2.32. The molecule has 0 unspecified atom stereocenters. The van der Waals surface area contributed by atoms with Gasteiger partial charge in [-0.2, -0.15) is 0 Å². The number of pyridine rings is 1. The third-order valence-corrected chi connectivity index (χ3v) is 2.65. The zero-order valence-electron chi connectivity index (χ0n) is 10.2. The summed E-state index contributed by atoms with van der Waals surface area (Å²) in [5.74, 6) is -0.992. The highest BCUT2D eigenvalue weighted by molar-refractivity contribution is 6.04. The number of nitro groups is 1. The van der Waals surface area contributed by atoms with Gasteiger partial charge in [-0.25, -0.2) is 9.78 Å². The summed E-state index contributed by atoms with van der Waals surface area (Å²) in [6.45, 7) is 1.65. The number of hydrogen-bond acceptors (Lipinski definition) is 5. The number of aromatic carboxylic acids is 1. The van der Waals surface area contributed by atoms with Crippen LogP contribution in [-0.4, -0.2) is 28.1 Å². The molecule has 0 radical (unpaired) electrons. The molecule has 1 heterocycles. The Balaban J connectivity index is 2.93. The molecule has 7 nitrogen and oxygen atoms in total. The molecular weight excluding hydrogens is 252 g/mol. The number of hydrogen-bond donors (Lipinski definition) is 1. The summed E-state index contributed by atoms with van der Waals surface area (Å²) in [7, 11) is 1.35. The molecule has 2 rings (SSSR count). The normalized spacial score (nSPS) is 10.4. The number of ether oxygens (including phenoxy) is 1. The zero-order valence-corrected chi connectivity index (χ0v) is 10.2. The molecule has 0 amide bonds. The van der Waals surface area contributed by atoms with E-state index in [0.29, 0.717) is 11.2 Å². The van der Waals surface area contributed by atoms with Crippen molar-refractivity contribution in [1.82, 2.24) is 4.98 Å². The van der Waals surface area contributed by atoms with Crippen LogP contribution < -0.4 is 4.74 Å². The van der Waals surface area contributed by atoms with Crippen molar-refractivity contribution in [3.8, 4) is 5.75 Å². The lowest BCUT2D eigenvalue weighted by Gasteiger charge is -2.08. The minimum Gasteiger partial charge on any atom is -0.494 e. The summed E-state index contributed by atoms with van der Waals surface area (Å²) in [4.78, 5) is 25.6. The quantitative estimate of drug-likeness (QED) is 0.671. The van der Waals surface area contributed by atoms with Crippen molar-refractivity contribution in [2.45, 2.75) is 6.92 Å². The number of carbonyl (C=O) groups is 1. The summed E-state index contributed by atoms with van der Waals surface area (Å²) in [5, 5.41) is 20.2. The molecule has 2 aromatic rings. The van der Waals surface area contributed by atoms with E-state index in [2.05, 4.69) is 4.98 Å². The Morgan fingerprint density at radius 2 is 2.11 bits per heavy atom. The average Bonchev–Trinajstić information content (AvgIpc) is 2.36. The van der Waals surface area contributed by atoms with Gasteiger partial charge in [0.2, 0.25) is 0 Å². The van der Waals surface area contributed by atoms with E-state index in [0.717, 1.165) is 0 Å². The number of fused-ring (bicyclic) bond motifs is 1. The maximum Gasteiger partial charge on any atom is 0.336 e. The fourth-order valence-corrected chi connectivity index (χ4v) is 1.85. The van der Waals surface area contributed by atoms with Gasteiger partial charge < -0.3 is 9.84 Å². The van der Waals surface area contributed by atoms with Crippen molar-refractivity contribution in [3.05, 3.63) is 39.6 Å². The van der Waals surface area contributed by atoms with Crippen LogP contribution in [0, 0.1) is 17.0 Å². The number of carboxylic acid groups (broad SMARTS) is 1. The molecule has 0 saturated heterocycles. The number of aromatic nitrogens is 1. The maximum absolute atomic E-state index is 11.2. The van der Waals surface area contributed by atoms with Crippen molar-refractivity contribution in [3.63, 3.8) is 0 Å². The number of nitrogens with zero attached hydrogens (tertiary/aromatic N) is 2. The van der Waals surface area contributed by atoms with Crippen molar-refractivity contribution >= 4 is 22.6 Å². The van der Waals surface area contributed by atoms with E-state index < -0.39 is 10.9 Å². The highest BCUT2D eigenvalue weighted by Gasteiger charge is 2.18. The Labute approximate surface area is 107 Å². The number of rotatable bonds is 3. The lowest BCUT2D eigenvalue weighted by molar-refractivity contribution is -0.384. The van der Waals surface area contributed by atoms with E-state index in [1.807, 2.05) is 0 Å². The van der Waals surface area contributed by atoms with Gasteiger partial charge >= 0.3 is 5.97 Å². The molecule has 1 aromatic heterocycles. The average molecular weight is 262 g/mol. The van der Waals surface area contributed by atoms with Crippen molar-refractivity contribution in [2.24, 2.45) is 0 Å². The van der Waals surface area contributed by atoms with E-state index >= 15 is 0 Å². The monoisotopic (exact) mass is 262 g/mol. The van der Waals surface area contributed by atoms with Crippen LogP contribution in [0.4, 0.5) is 5.69 Å². The van der Waals surface area contributed by atoms with Gasteiger partial charge in [-0.05, 0) is 13.0 Å². The van der Waals surface area contributed by atoms with Gasteiger partial charge in [-0.3, -0.25) is 10.1 Å². The van der Waals surface area contributed by atoms with Gasteiger partial charge in [0.25, 0.3) is 5.69 Å². The lowest BCUT2D eigenvalue weighted by atomic mass is 10.1. The summed E-state index contributed by atoms with van der Waals surface area (Å²) in [6.07, 6.45) is 0. The highest BCUT2D eigenvalue weighted by atomic mass is 16.6. The molecule has 19 heavy (non-hydrogen) atoms. The van der Waals surface area contributed by atoms with Crippen LogP contribution in [0.1, 0.15) is 16.1 Å². The number of aryl methyl sites for hydroxylation is 1. The van der Waals surface area contributed by atoms with Gasteiger partial charge in [-0.15, -0.1) is 0 Å². The zero-order chi connectivity index (χ0) is 14.2. The number of carboxylic acids is 1. The number of non-ortho nitro benzene ring substituents is 1. The maximum atomic E-state index is 11.2. The van der Waals surface area contributed by atoms with Crippen molar-refractivity contribution < 1.29 is 19.6 Å².